The van der Waals surface area contributed by atoms with Crippen LogP contribution in [0.4, 0.5) is 17.5 Å². The number of nitrogen functional groups attached to an aromatic ring is 2. The molecule has 0 spiro atoms. The van der Waals surface area contributed by atoms with Gasteiger partial charge in [0.2, 0.25) is 11.8 Å². The van der Waals surface area contributed by atoms with Gasteiger partial charge in [-0.15, -0.1) is 0 Å². The van der Waals surface area contributed by atoms with E-state index in [1.165, 1.54) is 0 Å². The van der Waals surface area contributed by atoms with Crippen molar-refractivity contribution in [2.45, 2.75) is 58.3 Å². The molecule has 2 fully saturated rings. The Morgan fingerprint density at radius 3 is 2.74 bits per heavy atom. The van der Waals surface area contributed by atoms with Gasteiger partial charge < -0.3 is 49.3 Å². The van der Waals surface area contributed by atoms with Gasteiger partial charge in [-0.3, -0.25) is 0 Å². The van der Waals surface area contributed by atoms with Crippen LogP contribution in [0, 0.1) is 5.92 Å². The Morgan fingerprint density at radius 1 is 1.21 bits per heavy atom. The summed E-state index contributed by atoms with van der Waals surface area (Å²) in [6, 6.07) is 7.64. The maximum absolute atomic E-state index is 6.30. The molecular weight excluding hydrogens is 549 g/mol. The minimum Gasteiger partial charge on any atom is -0.471 e. The second kappa shape index (κ2) is 14.6. The van der Waals surface area contributed by atoms with Crippen molar-refractivity contribution in [3.63, 3.8) is 0 Å². The fourth-order valence-corrected chi connectivity index (χ4v) is 5.64. The summed E-state index contributed by atoms with van der Waals surface area (Å²) < 4.78 is 40.7. The van der Waals surface area contributed by atoms with Crippen LogP contribution >= 0.6 is 20.2 Å². The molecule has 5 unspecified atom stereocenters. The van der Waals surface area contributed by atoms with E-state index in [9.17, 15) is 0 Å². The van der Waals surface area contributed by atoms with E-state index in [2.05, 4.69) is 22.2 Å². The molecule has 0 aliphatic carbocycles. The highest BCUT2D eigenvalue weighted by molar-refractivity contribution is 7.41. The largest absolute Gasteiger partial charge is 0.471 e. The minimum atomic E-state index is -1.50. The van der Waals surface area contributed by atoms with E-state index in [1.54, 1.807) is 0 Å². The Kier molecular flexibility index (Phi) is 11.2. The molecule has 2 aliphatic rings. The van der Waals surface area contributed by atoms with Crippen LogP contribution in [0.3, 0.4) is 0 Å². The molecule has 0 saturated carbocycles. The molecule has 1 aromatic heterocycles. The van der Waals surface area contributed by atoms with Crippen molar-refractivity contribution in [3.05, 3.63) is 34.9 Å². The first-order valence-corrected chi connectivity index (χ1v) is 14.5. The summed E-state index contributed by atoms with van der Waals surface area (Å²) in [6.45, 7) is 7.74. The smallest absolute Gasteiger partial charge is 0.333 e. The summed E-state index contributed by atoms with van der Waals surface area (Å²) in [5.41, 5.74) is 13.4. The van der Waals surface area contributed by atoms with Crippen LogP contribution in [0.2, 0.25) is 5.02 Å². The highest BCUT2D eigenvalue weighted by Gasteiger charge is 2.35. The van der Waals surface area contributed by atoms with Gasteiger partial charge in [0, 0.05) is 30.6 Å². The van der Waals surface area contributed by atoms with Gasteiger partial charge in [-0.05, 0) is 38.0 Å². The van der Waals surface area contributed by atoms with Crippen molar-refractivity contribution in [1.29, 1.82) is 0 Å². The summed E-state index contributed by atoms with van der Waals surface area (Å²) in [5.74, 6) is 0.621. The van der Waals surface area contributed by atoms with Gasteiger partial charge in [-0.1, -0.05) is 30.7 Å². The SMILES string of the molecule is CCOC(COc1nc(N)nc(NC2OC(COP3OCCC(c4cccc(Cl)c4)O3)CC2C)c1N)OCC. The highest BCUT2D eigenvalue weighted by Crippen LogP contribution is 2.50. The lowest BCUT2D eigenvalue weighted by Gasteiger charge is -2.29. The zero-order chi connectivity index (χ0) is 27.8. The number of nitrogens with two attached hydrogens (primary N) is 2. The molecule has 39 heavy (non-hydrogen) atoms. The number of rotatable bonds is 13. The van der Waals surface area contributed by atoms with Gasteiger partial charge in [0.05, 0.1) is 25.4 Å². The number of hydrogen-bond donors (Lipinski definition) is 3. The molecule has 14 heteroatoms. The Morgan fingerprint density at radius 2 is 2.00 bits per heavy atom. The zero-order valence-corrected chi connectivity index (χ0v) is 24.0. The number of nitrogens with one attached hydrogen (secondary N) is 1. The van der Waals surface area contributed by atoms with E-state index in [1.807, 2.05) is 38.1 Å². The number of aromatic nitrogens is 2. The van der Waals surface area contributed by atoms with Crippen molar-refractivity contribution >= 4 is 37.7 Å². The Balaban J connectivity index is 1.30. The van der Waals surface area contributed by atoms with Crippen molar-refractivity contribution in [1.82, 2.24) is 9.97 Å². The molecule has 0 radical (unpaired) electrons. The predicted molar refractivity (Wildman–Crippen MR) is 148 cm³/mol. The third-order valence-electron chi connectivity index (χ3n) is 6.14. The standard InChI is InChI=1S/C25H37ClN5O7P/c1-4-32-20(33-5-2)14-34-24-21(27)22(30-25(28)31-24)29-23-15(3)11-18(37-23)13-36-39-35-10-9-19(38-39)16-7-6-8-17(26)12-16/h6-8,12,15,18-20,23H,4-5,9-11,13-14,27H2,1-3H3,(H3,28,29,30,31). The van der Waals surface area contributed by atoms with E-state index >= 15 is 0 Å². The average molecular weight is 586 g/mol. The second-order valence-corrected chi connectivity index (χ2v) is 10.7. The summed E-state index contributed by atoms with van der Waals surface area (Å²) in [7, 11) is -1.50. The number of nitrogens with zero attached hydrogens (tertiary/aromatic N) is 2. The summed E-state index contributed by atoms with van der Waals surface area (Å²) in [6.07, 6.45) is 0.272. The number of ether oxygens (including phenoxy) is 4. The first-order valence-electron chi connectivity index (χ1n) is 13.0. The van der Waals surface area contributed by atoms with Gasteiger partial charge in [-0.25, -0.2) is 0 Å². The van der Waals surface area contributed by atoms with Crippen LogP contribution in [0.25, 0.3) is 0 Å². The number of benzene rings is 1. The van der Waals surface area contributed by atoms with E-state index in [4.69, 9.17) is 55.6 Å². The monoisotopic (exact) mass is 585 g/mol. The molecule has 0 amide bonds. The lowest BCUT2D eigenvalue weighted by atomic mass is 10.1. The van der Waals surface area contributed by atoms with Crippen LogP contribution in [0.1, 0.15) is 45.3 Å². The van der Waals surface area contributed by atoms with Crippen molar-refractivity contribution in [2.24, 2.45) is 5.92 Å². The van der Waals surface area contributed by atoms with Crippen LogP contribution in [-0.4, -0.2) is 61.6 Å². The maximum Gasteiger partial charge on any atom is 0.333 e. The third-order valence-corrected chi connectivity index (χ3v) is 7.55. The van der Waals surface area contributed by atoms with Gasteiger partial charge >= 0.3 is 8.60 Å². The predicted octanol–water partition coefficient (Wildman–Crippen LogP) is 4.66. The fraction of sp³-hybridized carbons (Fsp3) is 0.600. The molecule has 5 N–H and O–H groups in total. The average Bonchev–Trinajstić information content (AvgIpc) is 3.27. The summed E-state index contributed by atoms with van der Waals surface area (Å²) in [4.78, 5) is 8.37. The quantitative estimate of drug-likeness (QED) is 0.221. The van der Waals surface area contributed by atoms with Gasteiger partial charge in [0.25, 0.3) is 0 Å². The van der Waals surface area contributed by atoms with E-state index in [0.717, 1.165) is 18.4 Å². The van der Waals surface area contributed by atoms with Crippen LogP contribution in [0.5, 0.6) is 5.88 Å². The molecule has 5 atom stereocenters. The lowest BCUT2D eigenvalue weighted by Crippen LogP contribution is -2.28. The molecule has 2 aliphatic heterocycles. The summed E-state index contributed by atoms with van der Waals surface area (Å²) in [5, 5.41) is 3.90. The zero-order valence-electron chi connectivity index (χ0n) is 22.4. The third kappa shape index (κ3) is 8.48. The fourth-order valence-electron chi connectivity index (χ4n) is 4.27. The van der Waals surface area contributed by atoms with Gasteiger partial charge in [0.1, 0.15) is 18.5 Å². The molecule has 2 saturated heterocycles. The Hall–Kier alpha value is -2.02. The molecular formula is C25H37ClN5O7P. The van der Waals surface area contributed by atoms with Crippen molar-refractivity contribution in [3.8, 4) is 5.88 Å². The minimum absolute atomic E-state index is 0.0141. The number of hydrogen-bond acceptors (Lipinski definition) is 12. The number of anilines is 3. The van der Waals surface area contributed by atoms with Gasteiger partial charge in [-0.2, -0.15) is 9.97 Å². The van der Waals surface area contributed by atoms with Crippen LogP contribution < -0.4 is 21.5 Å². The molecule has 3 heterocycles. The normalized spacial score (nSPS) is 25.2. The van der Waals surface area contributed by atoms with E-state index < -0.39 is 14.9 Å². The summed E-state index contributed by atoms with van der Waals surface area (Å²) >= 11 is 6.14. The van der Waals surface area contributed by atoms with E-state index in [0.29, 0.717) is 37.3 Å². The van der Waals surface area contributed by atoms with E-state index in [-0.39, 0.29) is 48.5 Å². The molecule has 216 valence electrons. The first-order chi connectivity index (χ1) is 18.9. The molecule has 12 nitrogen and oxygen atoms in total. The Labute approximate surface area is 234 Å². The highest BCUT2D eigenvalue weighted by atomic mass is 35.5. The first kappa shape index (κ1) is 30.0. The van der Waals surface area contributed by atoms with Crippen LogP contribution in [0.15, 0.2) is 24.3 Å². The van der Waals surface area contributed by atoms with Crippen molar-refractivity contribution < 1.29 is 32.5 Å². The lowest BCUT2D eigenvalue weighted by molar-refractivity contribution is -0.152. The Bertz CT molecular complexity index is 1070. The molecule has 1 aromatic carbocycles. The second-order valence-electron chi connectivity index (χ2n) is 9.13. The van der Waals surface area contributed by atoms with Crippen molar-refractivity contribution in [2.75, 3.05) is 49.8 Å². The maximum atomic E-state index is 6.30. The molecule has 2 aromatic rings. The van der Waals surface area contributed by atoms with Crippen LogP contribution in [-0.2, 0) is 27.8 Å². The molecule has 4 rings (SSSR count). The number of halogens is 1. The topological polar surface area (TPSA) is 154 Å². The molecule has 0 bridgehead atoms. The van der Waals surface area contributed by atoms with Gasteiger partial charge in [0.15, 0.2) is 12.1 Å².